The molecule has 0 aromatic heterocycles. The summed E-state index contributed by atoms with van der Waals surface area (Å²) in [5.41, 5.74) is 5.97. The first-order chi connectivity index (χ1) is 16.6. The largest absolute Gasteiger partial charge is 0.510 e. The highest BCUT2D eigenvalue weighted by molar-refractivity contribution is 7.52. The summed E-state index contributed by atoms with van der Waals surface area (Å²) in [6.45, 7) is 11.4. The summed E-state index contributed by atoms with van der Waals surface area (Å²) in [6, 6.07) is 0. The van der Waals surface area contributed by atoms with Crippen LogP contribution in [-0.2, 0) is 42.2 Å². The van der Waals surface area contributed by atoms with E-state index in [2.05, 4.69) is 4.76 Å². The zero-order chi connectivity index (χ0) is 28.1. The molecule has 2 atom stereocenters. The topological polar surface area (TPSA) is 171 Å². The predicted octanol–water partition coefficient (Wildman–Crippen LogP) is 4.09. The molecule has 2 unspecified atom stereocenters. The lowest BCUT2D eigenvalue weighted by molar-refractivity contribution is -0.986. The van der Waals surface area contributed by atoms with Gasteiger partial charge in [0.1, 0.15) is 14.1 Å². The van der Waals surface area contributed by atoms with E-state index >= 15 is 0 Å². The molecule has 14 nitrogen and oxygen atoms in total. The summed E-state index contributed by atoms with van der Waals surface area (Å²) >= 11 is 0. The van der Waals surface area contributed by atoms with E-state index in [-0.39, 0.29) is 13.2 Å². The Morgan fingerprint density at radius 3 is 1.56 bits per heavy atom. The minimum atomic E-state index is -4.71. The van der Waals surface area contributed by atoms with Crippen molar-refractivity contribution in [2.75, 3.05) is 27.3 Å². The van der Waals surface area contributed by atoms with Crippen molar-refractivity contribution in [3.05, 3.63) is 0 Å². The second kappa shape index (κ2) is 15.6. The van der Waals surface area contributed by atoms with Crippen LogP contribution < -0.4 is 5.73 Å². The molecule has 0 fully saturated rings. The van der Waals surface area contributed by atoms with E-state index in [4.69, 9.17) is 38.6 Å². The number of hydrogen-bond donors (Lipinski definition) is 1. The van der Waals surface area contributed by atoms with Gasteiger partial charge in [0.2, 0.25) is 12.6 Å². The molecule has 0 aliphatic carbocycles. The fourth-order valence-corrected chi connectivity index (χ4v) is 3.83. The van der Waals surface area contributed by atoms with Gasteiger partial charge in [-0.1, -0.05) is 46.2 Å². The Morgan fingerprint density at radius 2 is 1.25 bits per heavy atom. The molecule has 0 rings (SSSR count). The lowest BCUT2D eigenvalue weighted by Crippen LogP contribution is -2.51. The van der Waals surface area contributed by atoms with E-state index < -0.39 is 61.0 Å². The van der Waals surface area contributed by atoms with Crippen LogP contribution in [0.3, 0.4) is 0 Å². The molecule has 0 saturated carbocycles. The van der Waals surface area contributed by atoms with Crippen molar-refractivity contribution in [2.24, 2.45) is 22.3 Å². The Balaban J connectivity index is 6.22. The van der Waals surface area contributed by atoms with Crippen LogP contribution in [0.15, 0.2) is 4.76 Å². The molecule has 0 heterocycles. The molecule has 0 aliphatic heterocycles. The van der Waals surface area contributed by atoms with Crippen molar-refractivity contribution in [2.45, 2.75) is 73.9 Å². The Bertz CT molecular complexity index is 762. The van der Waals surface area contributed by atoms with Crippen LogP contribution >= 0.6 is 7.75 Å². The molecule has 0 saturated heterocycles. The highest BCUT2D eigenvalue weighted by atomic mass is 31.2. The van der Waals surface area contributed by atoms with E-state index in [0.717, 1.165) is 6.92 Å². The zero-order valence-electron chi connectivity index (χ0n) is 22.5. The van der Waals surface area contributed by atoms with Crippen LogP contribution in [0.5, 0.6) is 0 Å². The third kappa shape index (κ3) is 13.1. The van der Waals surface area contributed by atoms with E-state index in [1.54, 1.807) is 41.5 Å². The van der Waals surface area contributed by atoms with Gasteiger partial charge in [0.05, 0.1) is 13.2 Å². The minimum absolute atomic E-state index is 0.0973. The monoisotopic (exact) mass is 542 g/mol. The van der Waals surface area contributed by atoms with Gasteiger partial charge in [0.25, 0.3) is 0 Å². The summed E-state index contributed by atoms with van der Waals surface area (Å²) in [5.74, 6) is -2.27. The van der Waals surface area contributed by atoms with Gasteiger partial charge in [-0.3, -0.25) is 4.84 Å². The standard InChI is InChI=1S/C21H41N3O11P/c1-10-12-29-20(26)31-17(14(3)4)34-36(28,23-19(22)24(8,9)33-16(7)25)35-18(15(5)6)32-21(27)30-13-11-2/h14-15,17-18H,10-13H2,1-9H3,(H2,22,23,28)/q+1. The van der Waals surface area contributed by atoms with Gasteiger partial charge in [0.15, 0.2) is 0 Å². The number of carbonyl (C=O) groups is 3. The molecule has 210 valence electrons. The van der Waals surface area contributed by atoms with Crippen molar-refractivity contribution in [1.29, 1.82) is 0 Å². The maximum atomic E-state index is 13.9. The van der Waals surface area contributed by atoms with E-state index in [1.807, 2.05) is 0 Å². The van der Waals surface area contributed by atoms with Gasteiger partial charge in [-0.05, 0) is 12.8 Å². The Kier molecular flexibility index (Phi) is 14.6. The second-order valence-electron chi connectivity index (χ2n) is 8.73. The van der Waals surface area contributed by atoms with Crippen molar-refractivity contribution >= 4 is 32.0 Å². The Labute approximate surface area is 212 Å². The molecule has 0 radical (unpaired) electrons. The van der Waals surface area contributed by atoms with Crippen molar-refractivity contribution < 1.29 is 56.4 Å². The van der Waals surface area contributed by atoms with E-state index in [9.17, 15) is 18.9 Å². The SMILES string of the molecule is CCCOC(=O)OC(OP(=O)(N=C(N)[N+](C)(C)OC(C)=O)OC(OC(=O)OCCC)C(C)C)C(C)C. The van der Waals surface area contributed by atoms with Gasteiger partial charge in [-0.25, -0.2) is 28.0 Å². The molecule has 36 heavy (non-hydrogen) atoms. The number of carbonyl (C=O) groups excluding carboxylic acids is 3. The fraction of sp³-hybridized carbons (Fsp3) is 0.810. The highest BCUT2D eigenvalue weighted by Crippen LogP contribution is 2.54. The van der Waals surface area contributed by atoms with Crippen LogP contribution in [0.2, 0.25) is 0 Å². The van der Waals surface area contributed by atoms with Gasteiger partial charge < -0.3 is 24.7 Å². The smallest absolute Gasteiger partial charge is 0.434 e. The second-order valence-corrected chi connectivity index (χ2v) is 10.3. The third-order valence-electron chi connectivity index (χ3n) is 3.97. The summed E-state index contributed by atoms with van der Waals surface area (Å²) in [5, 5.41) is 0. The number of ether oxygens (including phenoxy) is 4. The summed E-state index contributed by atoms with van der Waals surface area (Å²) < 4.78 is 48.1. The lowest BCUT2D eigenvalue weighted by atomic mass is 10.2. The number of quaternary nitrogens is 1. The first-order valence-corrected chi connectivity index (χ1v) is 13.1. The summed E-state index contributed by atoms with van der Waals surface area (Å²) in [7, 11) is -2.01. The highest BCUT2D eigenvalue weighted by Gasteiger charge is 2.41. The molecule has 15 heteroatoms. The van der Waals surface area contributed by atoms with Crippen LogP contribution in [0.4, 0.5) is 9.59 Å². The van der Waals surface area contributed by atoms with Crippen LogP contribution in [0.25, 0.3) is 0 Å². The van der Waals surface area contributed by atoms with Crippen LogP contribution in [0.1, 0.15) is 61.3 Å². The Morgan fingerprint density at radius 1 is 0.861 bits per heavy atom. The van der Waals surface area contributed by atoms with Crippen LogP contribution in [0, 0.1) is 11.8 Å². The first-order valence-electron chi connectivity index (χ1n) is 11.6. The zero-order valence-corrected chi connectivity index (χ0v) is 23.4. The third-order valence-corrected chi connectivity index (χ3v) is 5.37. The molecular formula is C21H41N3O11P+. The van der Waals surface area contributed by atoms with Crippen molar-refractivity contribution in [1.82, 2.24) is 0 Å². The molecule has 0 bridgehead atoms. The maximum Gasteiger partial charge on any atom is 0.510 e. The van der Waals surface area contributed by atoms with Gasteiger partial charge >= 0.3 is 32.0 Å². The molecule has 0 spiro atoms. The lowest BCUT2D eigenvalue weighted by Gasteiger charge is -2.29. The number of nitrogens with two attached hydrogens (primary N) is 1. The molecule has 0 aromatic carbocycles. The van der Waals surface area contributed by atoms with Crippen molar-refractivity contribution in [3.8, 4) is 0 Å². The summed E-state index contributed by atoms with van der Waals surface area (Å²) in [4.78, 5) is 40.6. The molecular weight excluding hydrogens is 501 g/mol. The molecule has 0 aromatic rings. The molecule has 0 amide bonds. The van der Waals surface area contributed by atoms with E-state index in [0.29, 0.717) is 12.8 Å². The van der Waals surface area contributed by atoms with Gasteiger partial charge in [-0.15, -0.1) is 4.76 Å². The molecule has 0 aliphatic rings. The number of guanidine groups is 1. The quantitative estimate of drug-likeness (QED) is 0.0673. The normalized spacial score (nSPS) is 15.6. The average Bonchev–Trinajstić information content (AvgIpc) is 2.74. The van der Waals surface area contributed by atoms with Crippen molar-refractivity contribution in [3.63, 3.8) is 0 Å². The molecule has 2 N–H and O–H groups in total. The van der Waals surface area contributed by atoms with Gasteiger partial charge in [0, 0.05) is 18.8 Å². The number of nitrogens with zero attached hydrogens (tertiary/aromatic N) is 2. The van der Waals surface area contributed by atoms with Gasteiger partial charge in [-0.2, -0.15) is 0 Å². The maximum absolute atomic E-state index is 13.9. The number of rotatable bonds is 13. The van der Waals surface area contributed by atoms with Crippen LogP contribution in [-0.4, -0.2) is 68.8 Å². The number of hydrogen-bond acceptors (Lipinski definition) is 11. The Hall–Kier alpha value is -2.41. The fourth-order valence-electron chi connectivity index (χ4n) is 2.12. The predicted molar refractivity (Wildman–Crippen MR) is 128 cm³/mol. The number of hydroxylamine groups is 3. The first kappa shape index (κ1) is 33.6. The summed E-state index contributed by atoms with van der Waals surface area (Å²) in [6.07, 6.45) is -3.93. The van der Waals surface area contributed by atoms with E-state index in [1.165, 1.54) is 14.1 Å². The minimum Gasteiger partial charge on any atom is -0.434 e. The average molecular weight is 543 g/mol.